The van der Waals surface area contributed by atoms with Crippen molar-refractivity contribution in [1.82, 2.24) is 10.1 Å². The van der Waals surface area contributed by atoms with Gasteiger partial charge >= 0.3 is 0 Å². The number of hydrogen-bond acceptors (Lipinski definition) is 4. The summed E-state index contributed by atoms with van der Waals surface area (Å²) in [6.07, 6.45) is 0.737. The van der Waals surface area contributed by atoms with Crippen LogP contribution in [0.5, 0.6) is 0 Å². The standard InChI is InChI=1S/C16H19N3O2/c1-10-13(11(2)21-18-10)9-19(3)16(20)15-8-12-6-4-5-7-14(12)17-15/h4-7,15,17H,8-9H2,1-3H3/t15-/m0/s1. The number of nitrogens with one attached hydrogen (secondary N) is 1. The molecular formula is C16H19N3O2. The molecule has 0 unspecified atom stereocenters. The molecule has 0 saturated heterocycles. The number of anilines is 1. The fraction of sp³-hybridized carbons (Fsp3) is 0.375. The van der Waals surface area contributed by atoms with Crippen LogP contribution < -0.4 is 5.32 Å². The lowest BCUT2D eigenvalue weighted by molar-refractivity contribution is -0.131. The van der Waals surface area contributed by atoms with E-state index in [0.29, 0.717) is 6.54 Å². The van der Waals surface area contributed by atoms with Crippen LogP contribution in [0.4, 0.5) is 5.69 Å². The highest BCUT2D eigenvalue weighted by Gasteiger charge is 2.29. The molecule has 0 spiro atoms. The highest BCUT2D eigenvalue weighted by atomic mass is 16.5. The molecular weight excluding hydrogens is 266 g/mol. The zero-order valence-corrected chi connectivity index (χ0v) is 12.5. The monoisotopic (exact) mass is 285 g/mol. The lowest BCUT2D eigenvalue weighted by atomic mass is 10.1. The number of nitrogens with zero attached hydrogens (tertiary/aromatic N) is 2. The molecule has 2 heterocycles. The van der Waals surface area contributed by atoms with Crippen LogP contribution in [0.3, 0.4) is 0 Å². The molecule has 0 saturated carbocycles. The van der Waals surface area contributed by atoms with Gasteiger partial charge in [0.15, 0.2) is 0 Å². The molecule has 1 aliphatic heterocycles. The molecule has 0 radical (unpaired) electrons. The third-order valence-corrected chi connectivity index (χ3v) is 4.02. The van der Waals surface area contributed by atoms with Gasteiger partial charge in [-0.2, -0.15) is 0 Å². The van der Waals surface area contributed by atoms with Crippen LogP contribution in [0.1, 0.15) is 22.6 Å². The van der Waals surface area contributed by atoms with Crippen molar-refractivity contribution in [3.8, 4) is 0 Å². The van der Waals surface area contributed by atoms with Crippen LogP contribution >= 0.6 is 0 Å². The van der Waals surface area contributed by atoms with Crippen molar-refractivity contribution in [1.29, 1.82) is 0 Å². The molecule has 1 amide bonds. The van der Waals surface area contributed by atoms with Crippen molar-refractivity contribution < 1.29 is 9.32 Å². The van der Waals surface area contributed by atoms with Crippen molar-refractivity contribution in [2.24, 2.45) is 0 Å². The van der Waals surface area contributed by atoms with Gasteiger partial charge in [0.05, 0.1) is 12.2 Å². The summed E-state index contributed by atoms with van der Waals surface area (Å²) in [6, 6.07) is 7.86. The molecule has 1 N–H and O–H groups in total. The molecule has 5 nitrogen and oxygen atoms in total. The molecule has 0 fully saturated rings. The Hall–Kier alpha value is -2.30. The number of aryl methyl sites for hydroxylation is 2. The molecule has 0 aliphatic carbocycles. The molecule has 1 aliphatic rings. The quantitative estimate of drug-likeness (QED) is 0.940. The Bertz CT molecular complexity index is 633. The summed E-state index contributed by atoms with van der Waals surface area (Å²) in [5.41, 5.74) is 4.08. The van der Waals surface area contributed by atoms with Crippen LogP contribution in [0.25, 0.3) is 0 Å². The van der Waals surface area contributed by atoms with E-state index in [9.17, 15) is 4.79 Å². The summed E-state index contributed by atoms with van der Waals surface area (Å²) in [4.78, 5) is 14.3. The Balaban J connectivity index is 1.69. The van der Waals surface area contributed by atoms with Crippen molar-refractivity contribution in [2.45, 2.75) is 32.9 Å². The summed E-state index contributed by atoms with van der Waals surface area (Å²) in [5, 5.41) is 7.22. The number of benzene rings is 1. The second-order valence-electron chi connectivity index (χ2n) is 5.56. The van der Waals surface area contributed by atoms with Gasteiger partial charge in [0.1, 0.15) is 11.8 Å². The van der Waals surface area contributed by atoms with Crippen molar-refractivity contribution in [3.05, 3.63) is 46.8 Å². The molecule has 3 rings (SSSR count). The smallest absolute Gasteiger partial charge is 0.245 e. The summed E-state index contributed by atoms with van der Waals surface area (Å²) in [7, 11) is 1.82. The second-order valence-corrected chi connectivity index (χ2v) is 5.56. The maximum atomic E-state index is 12.6. The Morgan fingerprint density at radius 3 is 2.86 bits per heavy atom. The van der Waals surface area contributed by atoms with E-state index in [2.05, 4.69) is 16.5 Å². The Kier molecular flexibility index (Phi) is 3.41. The molecule has 0 bridgehead atoms. The number of para-hydroxylation sites is 1. The zero-order valence-electron chi connectivity index (χ0n) is 12.5. The van der Waals surface area contributed by atoms with E-state index >= 15 is 0 Å². The first-order valence-corrected chi connectivity index (χ1v) is 7.07. The van der Waals surface area contributed by atoms with Gasteiger partial charge in [-0.15, -0.1) is 0 Å². The first-order chi connectivity index (χ1) is 10.1. The van der Waals surface area contributed by atoms with Gasteiger partial charge in [0, 0.05) is 24.7 Å². The van der Waals surface area contributed by atoms with E-state index in [0.717, 1.165) is 29.1 Å². The highest BCUT2D eigenvalue weighted by molar-refractivity contribution is 5.87. The zero-order chi connectivity index (χ0) is 15.0. The maximum absolute atomic E-state index is 12.6. The van der Waals surface area contributed by atoms with E-state index in [1.807, 2.05) is 39.1 Å². The molecule has 5 heteroatoms. The maximum Gasteiger partial charge on any atom is 0.245 e. The number of amides is 1. The number of likely N-dealkylation sites (N-methyl/N-ethyl adjacent to an activating group) is 1. The highest BCUT2D eigenvalue weighted by Crippen LogP contribution is 2.26. The first kappa shape index (κ1) is 13.7. The van der Waals surface area contributed by atoms with Crippen LogP contribution in [0.2, 0.25) is 0 Å². The minimum Gasteiger partial charge on any atom is -0.373 e. The van der Waals surface area contributed by atoms with E-state index in [1.54, 1.807) is 4.90 Å². The summed E-state index contributed by atoms with van der Waals surface area (Å²) >= 11 is 0. The Morgan fingerprint density at radius 2 is 2.19 bits per heavy atom. The number of aromatic nitrogens is 1. The average Bonchev–Trinajstić information content (AvgIpc) is 3.04. The molecule has 1 aromatic heterocycles. The molecule has 1 aromatic carbocycles. The predicted molar refractivity (Wildman–Crippen MR) is 80.0 cm³/mol. The minimum absolute atomic E-state index is 0.0891. The van der Waals surface area contributed by atoms with E-state index in [4.69, 9.17) is 4.52 Å². The van der Waals surface area contributed by atoms with E-state index in [-0.39, 0.29) is 11.9 Å². The molecule has 2 aromatic rings. The Labute approximate surface area is 123 Å². The van der Waals surface area contributed by atoms with Gasteiger partial charge in [-0.3, -0.25) is 4.79 Å². The third-order valence-electron chi connectivity index (χ3n) is 4.02. The number of rotatable bonds is 3. The average molecular weight is 285 g/mol. The van der Waals surface area contributed by atoms with Crippen LogP contribution in [-0.2, 0) is 17.8 Å². The Morgan fingerprint density at radius 1 is 1.43 bits per heavy atom. The van der Waals surface area contributed by atoms with Crippen molar-refractivity contribution in [3.63, 3.8) is 0 Å². The lowest BCUT2D eigenvalue weighted by Crippen LogP contribution is -2.39. The predicted octanol–water partition coefficient (Wildman–Crippen LogP) is 2.29. The van der Waals surface area contributed by atoms with Gasteiger partial charge in [-0.1, -0.05) is 23.4 Å². The second kappa shape index (κ2) is 5.24. The van der Waals surface area contributed by atoms with Crippen LogP contribution in [0, 0.1) is 13.8 Å². The third kappa shape index (κ3) is 2.51. The van der Waals surface area contributed by atoms with Gasteiger partial charge in [0.25, 0.3) is 0 Å². The molecule has 1 atom stereocenters. The van der Waals surface area contributed by atoms with Crippen molar-refractivity contribution in [2.75, 3.05) is 12.4 Å². The van der Waals surface area contributed by atoms with E-state index < -0.39 is 0 Å². The number of carbonyl (C=O) groups excluding carboxylic acids is 1. The molecule has 110 valence electrons. The summed E-state index contributed by atoms with van der Waals surface area (Å²) in [5.74, 6) is 0.862. The van der Waals surface area contributed by atoms with Gasteiger partial charge in [-0.25, -0.2) is 0 Å². The van der Waals surface area contributed by atoms with E-state index in [1.165, 1.54) is 5.56 Å². The number of hydrogen-bond donors (Lipinski definition) is 1. The largest absolute Gasteiger partial charge is 0.373 e. The van der Waals surface area contributed by atoms with Crippen LogP contribution in [-0.4, -0.2) is 29.1 Å². The van der Waals surface area contributed by atoms with Crippen LogP contribution in [0.15, 0.2) is 28.8 Å². The minimum atomic E-state index is -0.187. The summed E-state index contributed by atoms with van der Waals surface area (Å²) < 4.78 is 5.15. The lowest BCUT2D eigenvalue weighted by Gasteiger charge is -2.21. The summed E-state index contributed by atoms with van der Waals surface area (Å²) in [6.45, 7) is 4.29. The topological polar surface area (TPSA) is 58.4 Å². The van der Waals surface area contributed by atoms with Gasteiger partial charge < -0.3 is 14.7 Å². The fourth-order valence-electron chi connectivity index (χ4n) is 2.76. The normalized spacial score (nSPS) is 16.4. The SMILES string of the molecule is Cc1noc(C)c1CN(C)C(=O)[C@@H]1Cc2ccccc2N1. The number of fused-ring (bicyclic) bond motifs is 1. The van der Waals surface area contributed by atoms with Gasteiger partial charge in [-0.05, 0) is 25.5 Å². The fourth-order valence-corrected chi connectivity index (χ4v) is 2.76. The molecule has 21 heavy (non-hydrogen) atoms. The first-order valence-electron chi connectivity index (χ1n) is 7.07. The van der Waals surface area contributed by atoms with Gasteiger partial charge in [0.2, 0.25) is 5.91 Å². The number of carbonyl (C=O) groups is 1. The van der Waals surface area contributed by atoms with Crippen molar-refractivity contribution >= 4 is 11.6 Å².